The third-order valence-corrected chi connectivity index (χ3v) is 6.07. The molecule has 0 fully saturated rings. The summed E-state index contributed by atoms with van der Waals surface area (Å²) in [5.74, 6) is -0.354. The van der Waals surface area contributed by atoms with E-state index in [1.807, 2.05) is 42.5 Å². The fourth-order valence-electron chi connectivity index (χ4n) is 3.54. The molecule has 38 heavy (non-hydrogen) atoms. The Kier molecular flexibility index (Phi) is 7.73. The smallest absolute Gasteiger partial charge is 0.469 e. The topological polar surface area (TPSA) is 133 Å². The van der Waals surface area contributed by atoms with Gasteiger partial charge in [-0.1, -0.05) is 59.8 Å². The Morgan fingerprint density at radius 3 is 2.29 bits per heavy atom. The molecule has 0 aliphatic carbocycles. The van der Waals surface area contributed by atoms with Crippen molar-refractivity contribution in [3.8, 4) is 22.6 Å². The first-order chi connectivity index (χ1) is 17.8. The predicted octanol–water partition coefficient (Wildman–Crippen LogP) is 4.82. The van der Waals surface area contributed by atoms with Crippen molar-refractivity contribution in [2.75, 3.05) is 6.61 Å². The summed E-state index contributed by atoms with van der Waals surface area (Å²) >= 11 is 0. The van der Waals surface area contributed by atoms with Gasteiger partial charge in [-0.2, -0.15) is 13.2 Å². The van der Waals surface area contributed by atoms with Gasteiger partial charge in [-0.05, 0) is 41.8 Å². The van der Waals surface area contributed by atoms with E-state index in [-0.39, 0.29) is 23.7 Å². The van der Waals surface area contributed by atoms with E-state index in [2.05, 4.69) is 14.8 Å². The van der Waals surface area contributed by atoms with Gasteiger partial charge in [0.25, 0.3) is 0 Å². The van der Waals surface area contributed by atoms with Crippen molar-refractivity contribution in [3.63, 3.8) is 0 Å². The number of hydrogen-bond acceptors (Lipinski definition) is 6. The molecule has 0 unspecified atom stereocenters. The molecule has 0 spiro atoms. The lowest BCUT2D eigenvalue weighted by Crippen LogP contribution is -2.38. The standard InChI is InChI=1S/C25H24F3N4O5P/c1-24(29,16-37-38(33,34)35)23-14-32(31-30-23)20-11-12-22(21(13-20)25(26,27)28)36-15-17-7-9-19(10-8-17)18-5-3-2-4-6-18/h2-14H,15-16,29H2,1H3,(H2,33,34,35)/t24-/m0/s1. The van der Waals surface area contributed by atoms with Gasteiger partial charge in [-0.15, -0.1) is 5.10 Å². The van der Waals surface area contributed by atoms with Crippen molar-refractivity contribution in [2.24, 2.45) is 5.73 Å². The predicted molar refractivity (Wildman–Crippen MR) is 132 cm³/mol. The van der Waals surface area contributed by atoms with Gasteiger partial charge in [0.05, 0.1) is 29.6 Å². The number of nitrogens with zero attached hydrogens (tertiary/aromatic N) is 3. The molecular weight excluding hydrogens is 524 g/mol. The molecule has 1 aromatic heterocycles. The summed E-state index contributed by atoms with van der Waals surface area (Å²) in [5.41, 5.74) is 6.32. The summed E-state index contributed by atoms with van der Waals surface area (Å²) in [6.07, 6.45) is -3.46. The minimum atomic E-state index is -4.78. The monoisotopic (exact) mass is 548 g/mol. The highest BCUT2D eigenvalue weighted by molar-refractivity contribution is 7.46. The molecule has 4 aromatic rings. The maximum Gasteiger partial charge on any atom is 0.469 e. The van der Waals surface area contributed by atoms with Crippen LogP contribution in [0.1, 0.15) is 23.7 Å². The van der Waals surface area contributed by atoms with Crippen LogP contribution in [0.4, 0.5) is 13.2 Å². The lowest BCUT2D eigenvalue weighted by molar-refractivity contribution is -0.139. The normalized spacial score (nSPS) is 13.8. The van der Waals surface area contributed by atoms with Crippen LogP contribution in [0.15, 0.2) is 79.0 Å². The number of phosphoric ester groups is 1. The molecule has 0 saturated carbocycles. The molecule has 0 saturated heterocycles. The molecule has 0 aliphatic heterocycles. The molecule has 200 valence electrons. The number of benzene rings is 3. The Hall–Kier alpha value is -3.54. The van der Waals surface area contributed by atoms with E-state index in [0.29, 0.717) is 5.56 Å². The Morgan fingerprint density at radius 1 is 1.00 bits per heavy atom. The highest BCUT2D eigenvalue weighted by Crippen LogP contribution is 2.39. The van der Waals surface area contributed by atoms with E-state index in [9.17, 15) is 17.7 Å². The van der Waals surface area contributed by atoms with Crippen LogP contribution < -0.4 is 10.5 Å². The fraction of sp³-hybridized carbons (Fsp3) is 0.200. The number of rotatable bonds is 9. The quantitative estimate of drug-likeness (QED) is 0.254. The van der Waals surface area contributed by atoms with E-state index in [0.717, 1.165) is 21.9 Å². The molecular formula is C25H24F3N4O5P. The lowest BCUT2D eigenvalue weighted by Gasteiger charge is -2.21. The Bertz CT molecular complexity index is 1440. The Labute approximate surface area is 215 Å². The molecule has 0 radical (unpaired) electrons. The summed E-state index contributed by atoms with van der Waals surface area (Å²) in [4.78, 5) is 17.8. The summed E-state index contributed by atoms with van der Waals surface area (Å²) in [6, 6.07) is 20.5. The van der Waals surface area contributed by atoms with Crippen LogP contribution in [-0.4, -0.2) is 31.4 Å². The maximum absolute atomic E-state index is 13.9. The summed E-state index contributed by atoms with van der Waals surface area (Å²) in [6.45, 7) is 0.723. The van der Waals surface area contributed by atoms with Crippen molar-refractivity contribution >= 4 is 7.82 Å². The van der Waals surface area contributed by atoms with Gasteiger partial charge in [0, 0.05) is 0 Å². The third kappa shape index (κ3) is 6.85. The average Bonchev–Trinajstić information content (AvgIpc) is 3.38. The van der Waals surface area contributed by atoms with Crippen LogP contribution in [0.2, 0.25) is 0 Å². The maximum atomic E-state index is 13.9. The van der Waals surface area contributed by atoms with Gasteiger partial charge in [-0.25, -0.2) is 9.25 Å². The summed E-state index contributed by atoms with van der Waals surface area (Å²) in [7, 11) is -4.78. The molecule has 9 nitrogen and oxygen atoms in total. The van der Waals surface area contributed by atoms with Gasteiger partial charge in [0.1, 0.15) is 18.1 Å². The summed E-state index contributed by atoms with van der Waals surface area (Å²) < 4.78 is 63.7. The minimum absolute atomic E-state index is 0.0299. The molecule has 3 aromatic carbocycles. The van der Waals surface area contributed by atoms with Gasteiger partial charge in [0.2, 0.25) is 0 Å². The van der Waals surface area contributed by atoms with Crippen LogP contribution in [0.25, 0.3) is 16.8 Å². The molecule has 13 heteroatoms. The van der Waals surface area contributed by atoms with Gasteiger partial charge >= 0.3 is 14.0 Å². The van der Waals surface area contributed by atoms with E-state index in [1.54, 1.807) is 12.1 Å². The zero-order chi connectivity index (χ0) is 27.6. The van der Waals surface area contributed by atoms with Gasteiger partial charge in [0.15, 0.2) is 0 Å². The van der Waals surface area contributed by atoms with Gasteiger partial charge in [-0.3, -0.25) is 4.52 Å². The highest BCUT2D eigenvalue weighted by Gasteiger charge is 2.35. The number of aromatic nitrogens is 3. The number of alkyl halides is 3. The first-order valence-electron chi connectivity index (χ1n) is 11.2. The second-order valence-corrected chi connectivity index (χ2v) is 10.00. The van der Waals surface area contributed by atoms with Crippen LogP contribution in [0.5, 0.6) is 5.75 Å². The van der Waals surface area contributed by atoms with Crippen molar-refractivity contribution in [1.82, 2.24) is 15.0 Å². The lowest BCUT2D eigenvalue weighted by atomic mass is 10.0. The molecule has 4 rings (SSSR count). The first kappa shape index (κ1) is 27.5. The van der Waals surface area contributed by atoms with Gasteiger partial charge < -0.3 is 20.3 Å². The Balaban J connectivity index is 1.52. The third-order valence-electron chi connectivity index (χ3n) is 5.60. The summed E-state index contributed by atoms with van der Waals surface area (Å²) in [5, 5.41) is 7.63. The van der Waals surface area contributed by atoms with Crippen molar-refractivity contribution in [2.45, 2.75) is 25.2 Å². The molecule has 1 heterocycles. The van der Waals surface area contributed by atoms with Crippen LogP contribution in [0.3, 0.4) is 0 Å². The zero-order valence-corrected chi connectivity index (χ0v) is 20.9. The van der Waals surface area contributed by atoms with E-state index < -0.39 is 31.7 Å². The van der Waals surface area contributed by atoms with Crippen LogP contribution in [-0.2, 0) is 27.4 Å². The Morgan fingerprint density at radius 2 is 1.66 bits per heavy atom. The number of ether oxygens (including phenoxy) is 1. The minimum Gasteiger partial charge on any atom is -0.488 e. The number of halogens is 3. The molecule has 0 amide bonds. The first-order valence-corrected chi connectivity index (χ1v) is 12.8. The number of phosphoric acid groups is 1. The van der Waals surface area contributed by atoms with E-state index in [1.165, 1.54) is 25.3 Å². The van der Waals surface area contributed by atoms with E-state index >= 15 is 0 Å². The molecule has 0 aliphatic rings. The average molecular weight is 548 g/mol. The SMILES string of the molecule is C[C@](N)(COP(=O)(O)O)c1cn(-c2ccc(OCc3ccc(-c4ccccc4)cc3)c(C(F)(F)F)c2)nn1. The van der Waals surface area contributed by atoms with Crippen molar-refractivity contribution < 1.29 is 36.8 Å². The molecule has 4 N–H and O–H groups in total. The molecule has 1 atom stereocenters. The van der Waals surface area contributed by atoms with E-state index in [4.69, 9.17) is 20.3 Å². The highest BCUT2D eigenvalue weighted by atomic mass is 31.2. The molecule has 0 bridgehead atoms. The van der Waals surface area contributed by atoms with Crippen LogP contribution in [0, 0.1) is 0 Å². The number of hydrogen-bond donors (Lipinski definition) is 3. The fourth-order valence-corrected chi connectivity index (χ4v) is 3.97. The van der Waals surface area contributed by atoms with Crippen molar-refractivity contribution in [1.29, 1.82) is 0 Å². The van der Waals surface area contributed by atoms with Crippen molar-refractivity contribution in [3.05, 3.63) is 95.8 Å². The zero-order valence-electron chi connectivity index (χ0n) is 20.0. The largest absolute Gasteiger partial charge is 0.488 e. The van der Waals surface area contributed by atoms with Crippen LogP contribution >= 0.6 is 7.82 Å². The number of nitrogens with two attached hydrogens (primary N) is 1. The second kappa shape index (κ2) is 10.7. The second-order valence-electron chi connectivity index (χ2n) is 8.76.